The standard InChI is InChI=1S/C16H15N3O4S/c1-9-4-5-12-13(6-9)24-16(19(12)8-14(20)22-3)17-15(21)11-7-10(2)23-18-11/h4-7H,8H2,1-3H3. The van der Waals surface area contributed by atoms with E-state index >= 15 is 0 Å². The lowest BCUT2D eigenvalue weighted by Gasteiger charge is -2.03. The molecule has 2 aromatic heterocycles. The number of fused-ring (bicyclic) bond motifs is 1. The van der Waals surface area contributed by atoms with Gasteiger partial charge in [-0.1, -0.05) is 22.6 Å². The second-order valence-electron chi connectivity index (χ2n) is 5.26. The lowest BCUT2D eigenvalue weighted by molar-refractivity contribution is -0.141. The molecule has 24 heavy (non-hydrogen) atoms. The number of nitrogens with zero attached hydrogens (tertiary/aromatic N) is 3. The van der Waals surface area contributed by atoms with Crippen molar-refractivity contribution in [2.45, 2.75) is 20.4 Å². The molecule has 0 aliphatic rings. The maximum Gasteiger partial charge on any atom is 0.325 e. The van der Waals surface area contributed by atoms with Crippen molar-refractivity contribution in [3.8, 4) is 0 Å². The molecule has 1 aromatic carbocycles. The zero-order chi connectivity index (χ0) is 17.3. The van der Waals surface area contributed by atoms with Crippen LogP contribution in [0.4, 0.5) is 0 Å². The van der Waals surface area contributed by atoms with Crippen molar-refractivity contribution in [2.75, 3.05) is 7.11 Å². The van der Waals surface area contributed by atoms with Crippen LogP contribution in [0.25, 0.3) is 10.2 Å². The molecule has 0 atom stereocenters. The lowest BCUT2D eigenvalue weighted by atomic mass is 10.2. The Morgan fingerprint density at radius 3 is 2.79 bits per heavy atom. The highest BCUT2D eigenvalue weighted by atomic mass is 32.1. The van der Waals surface area contributed by atoms with Gasteiger partial charge in [-0.2, -0.15) is 4.99 Å². The summed E-state index contributed by atoms with van der Waals surface area (Å²) in [6, 6.07) is 7.34. The molecule has 0 saturated carbocycles. The number of hydrogen-bond donors (Lipinski definition) is 0. The Labute approximate surface area is 141 Å². The number of ether oxygens (including phenoxy) is 1. The lowest BCUT2D eigenvalue weighted by Crippen LogP contribution is -2.22. The highest BCUT2D eigenvalue weighted by molar-refractivity contribution is 7.16. The summed E-state index contributed by atoms with van der Waals surface area (Å²) in [5.74, 6) is -0.404. The molecule has 3 aromatic rings. The van der Waals surface area contributed by atoms with E-state index in [-0.39, 0.29) is 12.2 Å². The van der Waals surface area contributed by atoms with Gasteiger partial charge in [0.25, 0.3) is 0 Å². The molecule has 8 heteroatoms. The van der Waals surface area contributed by atoms with E-state index in [4.69, 9.17) is 9.26 Å². The minimum absolute atomic E-state index is 0.0243. The van der Waals surface area contributed by atoms with Crippen LogP contribution in [0, 0.1) is 13.8 Å². The van der Waals surface area contributed by atoms with Gasteiger partial charge in [0.2, 0.25) is 0 Å². The van der Waals surface area contributed by atoms with Crippen LogP contribution in [0.5, 0.6) is 0 Å². The molecule has 0 saturated heterocycles. The van der Waals surface area contributed by atoms with E-state index in [0.717, 1.165) is 15.8 Å². The van der Waals surface area contributed by atoms with Crippen molar-refractivity contribution in [2.24, 2.45) is 4.99 Å². The molecule has 0 N–H and O–H groups in total. The molecule has 0 radical (unpaired) electrons. The maximum absolute atomic E-state index is 12.3. The van der Waals surface area contributed by atoms with Crippen LogP contribution in [0.15, 0.2) is 33.8 Å². The number of hydrogen-bond acceptors (Lipinski definition) is 6. The molecule has 0 spiro atoms. The summed E-state index contributed by atoms with van der Waals surface area (Å²) in [7, 11) is 1.32. The first-order valence-corrected chi connectivity index (χ1v) is 7.99. The molecule has 0 aliphatic heterocycles. The molecule has 2 heterocycles. The largest absolute Gasteiger partial charge is 0.468 e. The number of rotatable bonds is 3. The topological polar surface area (TPSA) is 86.7 Å². The Balaban J connectivity index is 2.14. The SMILES string of the molecule is COC(=O)Cn1c(=NC(=O)c2cc(C)on2)sc2cc(C)ccc21. The summed E-state index contributed by atoms with van der Waals surface area (Å²) in [6.07, 6.45) is 0. The molecule has 124 valence electrons. The molecule has 0 bridgehead atoms. The van der Waals surface area contributed by atoms with E-state index in [1.165, 1.54) is 24.5 Å². The van der Waals surface area contributed by atoms with Gasteiger partial charge in [0, 0.05) is 6.07 Å². The molecular formula is C16H15N3O4S. The van der Waals surface area contributed by atoms with Crippen LogP contribution >= 0.6 is 11.3 Å². The van der Waals surface area contributed by atoms with Gasteiger partial charge >= 0.3 is 11.9 Å². The highest BCUT2D eigenvalue weighted by Gasteiger charge is 2.14. The van der Waals surface area contributed by atoms with Gasteiger partial charge in [-0.3, -0.25) is 9.59 Å². The predicted molar refractivity (Wildman–Crippen MR) is 87.7 cm³/mol. The molecule has 1 amide bonds. The van der Waals surface area contributed by atoms with Gasteiger partial charge in [-0.05, 0) is 31.5 Å². The molecule has 7 nitrogen and oxygen atoms in total. The van der Waals surface area contributed by atoms with Gasteiger partial charge in [-0.15, -0.1) is 0 Å². The minimum Gasteiger partial charge on any atom is -0.468 e. The molecule has 0 fully saturated rings. The van der Waals surface area contributed by atoms with E-state index in [9.17, 15) is 9.59 Å². The van der Waals surface area contributed by atoms with Crippen molar-refractivity contribution in [3.63, 3.8) is 0 Å². The van der Waals surface area contributed by atoms with E-state index in [1.807, 2.05) is 25.1 Å². The minimum atomic E-state index is -0.520. The van der Waals surface area contributed by atoms with Gasteiger partial charge in [0.05, 0.1) is 17.3 Å². The van der Waals surface area contributed by atoms with Crippen LogP contribution in [-0.2, 0) is 16.1 Å². The fraction of sp³-hybridized carbons (Fsp3) is 0.250. The summed E-state index contributed by atoms with van der Waals surface area (Å²) in [4.78, 5) is 28.5. The average molecular weight is 345 g/mol. The van der Waals surface area contributed by atoms with Crippen LogP contribution in [-0.4, -0.2) is 28.7 Å². The van der Waals surface area contributed by atoms with E-state index in [2.05, 4.69) is 10.1 Å². The van der Waals surface area contributed by atoms with Crippen LogP contribution < -0.4 is 4.80 Å². The number of amides is 1. The third kappa shape index (κ3) is 3.13. The monoisotopic (exact) mass is 345 g/mol. The highest BCUT2D eigenvalue weighted by Crippen LogP contribution is 2.19. The molecule has 0 unspecified atom stereocenters. The van der Waals surface area contributed by atoms with Gasteiger partial charge < -0.3 is 13.8 Å². The summed E-state index contributed by atoms with van der Waals surface area (Å²) < 4.78 is 12.2. The third-order valence-electron chi connectivity index (χ3n) is 3.40. The van der Waals surface area contributed by atoms with Crippen LogP contribution in [0.3, 0.4) is 0 Å². The van der Waals surface area contributed by atoms with Crippen molar-refractivity contribution >= 4 is 33.4 Å². The first-order valence-electron chi connectivity index (χ1n) is 7.17. The van der Waals surface area contributed by atoms with Gasteiger partial charge in [0.1, 0.15) is 12.3 Å². The molecular weight excluding hydrogens is 330 g/mol. The summed E-state index contributed by atoms with van der Waals surface area (Å²) >= 11 is 1.33. The number of aromatic nitrogens is 2. The zero-order valence-electron chi connectivity index (χ0n) is 13.4. The van der Waals surface area contributed by atoms with E-state index < -0.39 is 11.9 Å². The molecule has 0 aliphatic carbocycles. The first kappa shape index (κ1) is 16.1. The smallest absolute Gasteiger partial charge is 0.325 e. The zero-order valence-corrected chi connectivity index (χ0v) is 14.2. The van der Waals surface area contributed by atoms with E-state index in [1.54, 1.807) is 11.5 Å². The van der Waals surface area contributed by atoms with Crippen molar-refractivity contribution < 1.29 is 18.8 Å². The number of esters is 1. The third-order valence-corrected chi connectivity index (χ3v) is 4.44. The van der Waals surface area contributed by atoms with Crippen molar-refractivity contribution in [1.82, 2.24) is 9.72 Å². The fourth-order valence-electron chi connectivity index (χ4n) is 2.22. The van der Waals surface area contributed by atoms with Crippen LogP contribution in [0.1, 0.15) is 21.8 Å². The van der Waals surface area contributed by atoms with Crippen molar-refractivity contribution in [3.05, 3.63) is 46.1 Å². The summed E-state index contributed by atoms with van der Waals surface area (Å²) in [6.45, 7) is 3.65. The quantitative estimate of drug-likeness (QED) is 0.679. The molecule has 3 rings (SSSR count). The van der Waals surface area contributed by atoms with Crippen LogP contribution in [0.2, 0.25) is 0 Å². The van der Waals surface area contributed by atoms with Crippen molar-refractivity contribution in [1.29, 1.82) is 0 Å². The number of benzene rings is 1. The van der Waals surface area contributed by atoms with Gasteiger partial charge in [-0.25, -0.2) is 0 Å². The Morgan fingerprint density at radius 1 is 1.33 bits per heavy atom. The summed E-state index contributed by atoms with van der Waals surface area (Å²) in [5.41, 5.74) is 2.03. The average Bonchev–Trinajstić information content (AvgIpc) is 3.11. The fourth-order valence-corrected chi connectivity index (χ4v) is 3.35. The second kappa shape index (κ2) is 6.40. The predicted octanol–water partition coefficient (Wildman–Crippen LogP) is 2.22. The maximum atomic E-state index is 12.3. The normalized spacial score (nSPS) is 11.9. The first-order chi connectivity index (χ1) is 11.5. The Morgan fingerprint density at radius 2 is 2.12 bits per heavy atom. The van der Waals surface area contributed by atoms with E-state index in [0.29, 0.717) is 10.6 Å². The number of methoxy groups -OCH3 is 1. The Hall–Kier alpha value is -2.74. The number of carbonyl (C=O) groups is 2. The number of thiazole rings is 1. The number of aryl methyl sites for hydroxylation is 2. The number of carbonyl (C=O) groups excluding carboxylic acids is 2. The summed E-state index contributed by atoms with van der Waals surface area (Å²) in [5, 5.41) is 3.67. The second-order valence-corrected chi connectivity index (χ2v) is 6.27. The van der Waals surface area contributed by atoms with Gasteiger partial charge in [0.15, 0.2) is 10.5 Å². The Kier molecular flexibility index (Phi) is 4.30. The Bertz CT molecular complexity index is 996.